The second-order valence-electron chi connectivity index (χ2n) is 5.51. The highest BCUT2D eigenvalue weighted by molar-refractivity contribution is 4.92. The molecule has 2 aliphatic heterocycles. The number of rotatable bonds is 3. The predicted octanol–water partition coefficient (Wildman–Crippen LogP) is -4.37. The summed E-state index contributed by atoms with van der Waals surface area (Å²) >= 11 is 0. The van der Waals surface area contributed by atoms with Gasteiger partial charge < -0.3 is 50.0 Å². The molecular formula is C12H22O10. The Morgan fingerprint density at radius 3 is 2.05 bits per heavy atom. The summed E-state index contributed by atoms with van der Waals surface area (Å²) in [5.41, 5.74) is 0. The first-order valence-corrected chi connectivity index (χ1v) is 6.93. The molecule has 22 heavy (non-hydrogen) atoms. The SMILES string of the molecule is C[C@@H]1O[C@H](O)[C@H](O[C@@H]2O[C@H](CO)[C@@H](O)[C@H](O)[C@H]2O)[C@H](O)[C@H]1O. The summed E-state index contributed by atoms with van der Waals surface area (Å²) in [5, 5.41) is 67.6. The van der Waals surface area contributed by atoms with Gasteiger partial charge in [0.1, 0.15) is 42.7 Å². The minimum atomic E-state index is -1.69. The summed E-state index contributed by atoms with van der Waals surface area (Å²) in [6, 6.07) is 0. The molecule has 0 amide bonds. The summed E-state index contributed by atoms with van der Waals surface area (Å²) in [6.07, 6.45) is -14.4. The van der Waals surface area contributed by atoms with Crippen LogP contribution in [0, 0.1) is 0 Å². The van der Waals surface area contributed by atoms with Crippen LogP contribution in [0.1, 0.15) is 6.92 Å². The van der Waals surface area contributed by atoms with Gasteiger partial charge in [-0.1, -0.05) is 0 Å². The molecule has 0 spiro atoms. The topological polar surface area (TPSA) is 169 Å². The second kappa shape index (κ2) is 7.01. The fourth-order valence-corrected chi connectivity index (χ4v) is 2.50. The smallest absolute Gasteiger partial charge is 0.187 e. The van der Waals surface area contributed by atoms with Gasteiger partial charge in [-0.25, -0.2) is 0 Å². The molecule has 2 saturated heterocycles. The van der Waals surface area contributed by atoms with Crippen molar-refractivity contribution in [3.63, 3.8) is 0 Å². The van der Waals surface area contributed by atoms with Gasteiger partial charge in [-0.2, -0.15) is 0 Å². The van der Waals surface area contributed by atoms with Crippen molar-refractivity contribution in [3.05, 3.63) is 0 Å². The Morgan fingerprint density at radius 2 is 1.45 bits per heavy atom. The van der Waals surface area contributed by atoms with Crippen molar-refractivity contribution in [2.45, 2.75) is 68.3 Å². The molecule has 0 aliphatic carbocycles. The van der Waals surface area contributed by atoms with Crippen LogP contribution in [0.15, 0.2) is 0 Å². The van der Waals surface area contributed by atoms with E-state index in [4.69, 9.17) is 19.3 Å². The van der Waals surface area contributed by atoms with Crippen LogP contribution in [-0.4, -0.2) is 104 Å². The zero-order valence-corrected chi connectivity index (χ0v) is 11.8. The normalized spacial score (nSPS) is 53.5. The van der Waals surface area contributed by atoms with E-state index in [0.29, 0.717) is 0 Å². The van der Waals surface area contributed by atoms with Gasteiger partial charge in [-0.3, -0.25) is 0 Å². The highest BCUT2D eigenvalue weighted by Gasteiger charge is 2.49. The molecule has 2 heterocycles. The maximum atomic E-state index is 9.92. The van der Waals surface area contributed by atoms with Crippen LogP contribution in [0.2, 0.25) is 0 Å². The Morgan fingerprint density at radius 1 is 0.818 bits per heavy atom. The van der Waals surface area contributed by atoms with E-state index in [0.717, 1.165) is 0 Å². The standard InChI is InChI=1S/C12H22O10/c1-3-5(14)8(17)10(11(19)20-3)22-12-9(18)7(16)6(15)4(2-13)21-12/h3-19H,2H2,1H3/t3-,4+,5-,6+,7-,8+,9+,10+,11-,12-/m0/s1. The lowest BCUT2D eigenvalue weighted by molar-refractivity contribution is -0.359. The Labute approximate surface area is 126 Å². The molecule has 7 N–H and O–H groups in total. The Hall–Kier alpha value is -0.400. The molecule has 0 aromatic rings. The molecule has 0 bridgehead atoms. The highest BCUT2D eigenvalue weighted by atomic mass is 16.7. The zero-order valence-electron chi connectivity index (χ0n) is 11.8. The lowest BCUT2D eigenvalue weighted by Gasteiger charge is -2.44. The molecule has 0 unspecified atom stereocenters. The molecule has 2 rings (SSSR count). The van der Waals surface area contributed by atoms with E-state index in [1.54, 1.807) is 0 Å². The van der Waals surface area contributed by atoms with Gasteiger partial charge in [0, 0.05) is 0 Å². The molecule has 10 nitrogen and oxygen atoms in total. The minimum absolute atomic E-state index is 0.642. The van der Waals surface area contributed by atoms with Gasteiger partial charge in [0.25, 0.3) is 0 Å². The van der Waals surface area contributed by atoms with Crippen LogP contribution in [0.25, 0.3) is 0 Å². The number of hydrogen-bond donors (Lipinski definition) is 7. The third-order valence-electron chi connectivity index (χ3n) is 3.94. The van der Waals surface area contributed by atoms with Crippen molar-refractivity contribution in [1.82, 2.24) is 0 Å². The quantitative estimate of drug-likeness (QED) is 0.269. The van der Waals surface area contributed by atoms with Crippen LogP contribution in [-0.2, 0) is 14.2 Å². The molecule has 0 aromatic carbocycles. The monoisotopic (exact) mass is 326 g/mol. The van der Waals surface area contributed by atoms with Gasteiger partial charge in [-0.15, -0.1) is 0 Å². The number of ether oxygens (including phenoxy) is 3. The van der Waals surface area contributed by atoms with Crippen molar-refractivity contribution in [3.8, 4) is 0 Å². The van der Waals surface area contributed by atoms with Crippen molar-refractivity contribution in [2.24, 2.45) is 0 Å². The summed E-state index contributed by atoms with van der Waals surface area (Å²) in [6.45, 7) is 0.803. The molecule has 0 saturated carbocycles. The number of aliphatic hydroxyl groups excluding tert-OH is 7. The van der Waals surface area contributed by atoms with Crippen LogP contribution in [0.4, 0.5) is 0 Å². The predicted molar refractivity (Wildman–Crippen MR) is 67.2 cm³/mol. The third-order valence-corrected chi connectivity index (χ3v) is 3.94. The van der Waals surface area contributed by atoms with Crippen LogP contribution >= 0.6 is 0 Å². The molecule has 130 valence electrons. The van der Waals surface area contributed by atoms with E-state index in [9.17, 15) is 30.6 Å². The highest BCUT2D eigenvalue weighted by Crippen LogP contribution is 2.28. The molecule has 10 atom stereocenters. The first-order chi connectivity index (χ1) is 10.3. The minimum Gasteiger partial charge on any atom is -0.394 e. The van der Waals surface area contributed by atoms with E-state index in [2.05, 4.69) is 0 Å². The molecule has 0 radical (unpaired) electrons. The first kappa shape index (κ1) is 17.9. The number of aliphatic hydroxyl groups is 7. The molecular weight excluding hydrogens is 304 g/mol. The van der Waals surface area contributed by atoms with E-state index in [1.807, 2.05) is 0 Å². The van der Waals surface area contributed by atoms with E-state index in [1.165, 1.54) is 6.92 Å². The fourth-order valence-electron chi connectivity index (χ4n) is 2.50. The van der Waals surface area contributed by atoms with Crippen molar-refractivity contribution in [2.75, 3.05) is 6.61 Å². The Bertz CT molecular complexity index is 366. The average molecular weight is 326 g/mol. The summed E-state index contributed by atoms with van der Waals surface area (Å²) in [7, 11) is 0. The second-order valence-corrected chi connectivity index (χ2v) is 5.51. The van der Waals surface area contributed by atoms with Crippen LogP contribution in [0.5, 0.6) is 0 Å². The summed E-state index contributed by atoms with van der Waals surface area (Å²) in [4.78, 5) is 0. The first-order valence-electron chi connectivity index (χ1n) is 6.93. The largest absolute Gasteiger partial charge is 0.394 e. The molecule has 2 aliphatic rings. The van der Waals surface area contributed by atoms with Gasteiger partial charge in [0.15, 0.2) is 12.6 Å². The summed E-state index contributed by atoms with van der Waals surface area (Å²) in [5.74, 6) is 0. The fraction of sp³-hybridized carbons (Fsp3) is 1.00. The van der Waals surface area contributed by atoms with E-state index in [-0.39, 0.29) is 0 Å². The van der Waals surface area contributed by atoms with E-state index >= 15 is 0 Å². The Kier molecular flexibility index (Phi) is 5.72. The third kappa shape index (κ3) is 3.26. The van der Waals surface area contributed by atoms with Gasteiger partial charge >= 0.3 is 0 Å². The Balaban J connectivity index is 2.08. The molecule has 10 heteroatoms. The average Bonchev–Trinajstić information content (AvgIpc) is 2.49. The van der Waals surface area contributed by atoms with Crippen LogP contribution < -0.4 is 0 Å². The lowest BCUT2D eigenvalue weighted by Crippen LogP contribution is -2.63. The van der Waals surface area contributed by atoms with Crippen molar-refractivity contribution >= 4 is 0 Å². The van der Waals surface area contributed by atoms with Crippen molar-refractivity contribution in [1.29, 1.82) is 0 Å². The lowest BCUT2D eigenvalue weighted by atomic mass is 9.98. The summed E-state index contributed by atoms with van der Waals surface area (Å²) < 4.78 is 15.3. The zero-order chi connectivity index (χ0) is 16.6. The van der Waals surface area contributed by atoms with Crippen molar-refractivity contribution < 1.29 is 50.0 Å². The molecule has 0 aromatic heterocycles. The molecule has 2 fully saturated rings. The van der Waals surface area contributed by atoms with Crippen LogP contribution in [0.3, 0.4) is 0 Å². The van der Waals surface area contributed by atoms with E-state index < -0.39 is 68.0 Å². The maximum Gasteiger partial charge on any atom is 0.187 e. The van der Waals surface area contributed by atoms with Gasteiger partial charge in [0.05, 0.1) is 12.7 Å². The maximum absolute atomic E-state index is 9.92. The van der Waals surface area contributed by atoms with Gasteiger partial charge in [0.2, 0.25) is 0 Å². The van der Waals surface area contributed by atoms with Gasteiger partial charge in [-0.05, 0) is 6.92 Å². The number of hydrogen-bond acceptors (Lipinski definition) is 10.